The number of benzene rings is 1. The fourth-order valence-electron chi connectivity index (χ4n) is 6.51. The molecule has 3 amide bonds. The molecule has 2 aromatic rings. The lowest BCUT2D eigenvalue weighted by Gasteiger charge is -2.35. The molecule has 0 aliphatic carbocycles. The molecule has 0 unspecified atom stereocenters. The van der Waals surface area contributed by atoms with Gasteiger partial charge in [0.15, 0.2) is 0 Å². The van der Waals surface area contributed by atoms with Crippen molar-refractivity contribution in [3.63, 3.8) is 0 Å². The van der Waals surface area contributed by atoms with E-state index in [1.54, 1.807) is 34.3 Å². The number of hydrogen-bond donors (Lipinski definition) is 2. The highest BCUT2D eigenvalue weighted by atomic mass is 16.6. The molecule has 274 valence electrons. The van der Waals surface area contributed by atoms with Crippen LogP contribution in [0.1, 0.15) is 109 Å². The van der Waals surface area contributed by atoms with Crippen molar-refractivity contribution in [3.8, 4) is 5.75 Å². The van der Waals surface area contributed by atoms with Crippen LogP contribution in [0, 0.1) is 11.8 Å². The van der Waals surface area contributed by atoms with E-state index in [1.807, 2.05) is 59.7 Å². The van der Waals surface area contributed by atoms with Crippen LogP contribution < -0.4 is 5.32 Å². The van der Waals surface area contributed by atoms with Gasteiger partial charge in [-0.15, -0.1) is 0 Å². The largest absolute Gasteiger partial charge is 0.508 e. The summed E-state index contributed by atoms with van der Waals surface area (Å²) in [7, 11) is 0. The first-order valence-corrected chi connectivity index (χ1v) is 18.0. The Morgan fingerprint density at radius 3 is 2.20 bits per heavy atom. The van der Waals surface area contributed by atoms with Crippen LogP contribution in [0.25, 0.3) is 0 Å². The van der Waals surface area contributed by atoms with Gasteiger partial charge in [0.25, 0.3) is 0 Å². The number of aryl methyl sites for hydroxylation is 2. The molecule has 0 bridgehead atoms. The number of piperidine rings is 2. The number of esters is 1. The Kier molecular flexibility index (Phi) is 13.3. The van der Waals surface area contributed by atoms with Gasteiger partial charge in [0, 0.05) is 45.0 Å². The molecule has 0 saturated carbocycles. The van der Waals surface area contributed by atoms with Gasteiger partial charge in [-0.3, -0.25) is 19.4 Å². The van der Waals surface area contributed by atoms with E-state index in [-0.39, 0.29) is 30.1 Å². The topological polar surface area (TPSA) is 138 Å². The number of rotatable bonds is 11. The average molecular weight is 693 g/mol. The smallest absolute Gasteiger partial charge is 0.410 e. The molecule has 11 nitrogen and oxygen atoms in total. The highest BCUT2D eigenvalue weighted by molar-refractivity contribution is 5.82. The van der Waals surface area contributed by atoms with E-state index in [1.165, 1.54) is 0 Å². The second kappa shape index (κ2) is 17.2. The summed E-state index contributed by atoms with van der Waals surface area (Å²) >= 11 is 0. The van der Waals surface area contributed by atoms with Gasteiger partial charge >= 0.3 is 12.1 Å². The van der Waals surface area contributed by atoms with Crippen molar-refractivity contribution in [2.75, 3.05) is 26.2 Å². The molecule has 11 heteroatoms. The minimum absolute atomic E-state index is 0.0474. The van der Waals surface area contributed by atoms with E-state index >= 15 is 0 Å². The van der Waals surface area contributed by atoms with Gasteiger partial charge in [-0.25, -0.2) is 4.79 Å². The number of pyridine rings is 1. The van der Waals surface area contributed by atoms with Gasteiger partial charge in [0.2, 0.25) is 11.8 Å². The van der Waals surface area contributed by atoms with Crippen molar-refractivity contribution in [1.29, 1.82) is 0 Å². The second-order valence-corrected chi connectivity index (χ2v) is 15.8. The van der Waals surface area contributed by atoms with Gasteiger partial charge in [0.05, 0.1) is 18.4 Å². The zero-order valence-electron chi connectivity index (χ0n) is 30.7. The molecule has 2 aliphatic rings. The van der Waals surface area contributed by atoms with Gasteiger partial charge in [0.1, 0.15) is 17.0 Å². The maximum absolute atomic E-state index is 13.7. The molecule has 1 aromatic heterocycles. The van der Waals surface area contributed by atoms with Crippen molar-refractivity contribution >= 4 is 23.9 Å². The lowest BCUT2D eigenvalue weighted by molar-refractivity contribution is -0.155. The van der Waals surface area contributed by atoms with Gasteiger partial charge in [-0.05, 0) is 121 Å². The number of carbonyl (C=O) groups excluding carboxylic acids is 4. The van der Waals surface area contributed by atoms with Crippen molar-refractivity contribution in [2.45, 2.75) is 117 Å². The molecule has 2 fully saturated rings. The standard InChI is InChI=1S/C39H56N4O7/c1-38(2,3)49-35(46)23-33(31-22-29(24-40-25-31)10-9-27-11-14-32(44)15-12-27)41-36(47)30-8-7-19-43(26-30)34(45)16-13-28-17-20-42(21-18-28)37(48)50-39(4,5)6/h11-12,14-15,22,24-25,28,30,33,44H,7-10,13,16-21,23,26H2,1-6H3,(H,41,47)/t30-,33+/m1/s1. The summed E-state index contributed by atoms with van der Waals surface area (Å²) in [5, 5.41) is 12.7. The molecule has 50 heavy (non-hydrogen) atoms. The Labute approximate surface area is 297 Å². The van der Waals surface area contributed by atoms with E-state index in [4.69, 9.17) is 9.47 Å². The van der Waals surface area contributed by atoms with Crippen LogP contribution in [0.15, 0.2) is 42.7 Å². The third-order valence-corrected chi connectivity index (χ3v) is 9.14. The van der Waals surface area contributed by atoms with Crippen molar-refractivity contribution in [3.05, 3.63) is 59.4 Å². The first kappa shape index (κ1) is 38.6. The molecular formula is C39H56N4O7. The Hall–Kier alpha value is -4.15. The van der Waals surface area contributed by atoms with E-state index in [0.29, 0.717) is 56.9 Å². The number of aromatic hydroxyl groups is 1. The normalized spacial score (nSPS) is 17.9. The number of ether oxygens (including phenoxy) is 2. The zero-order chi connectivity index (χ0) is 36.5. The summed E-state index contributed by atoms with van der Waals surface area (Å²) in [5.74, 6) is -0.377. The third-order valence-electron chi connectivity index (χ3n) is 9.14. The van der Waals surface area contributed by atoms with E-state index in [2.05, 4.69) is 10.3 Å². The van der Waals surface area contributed by atoms with E-state index < -0.39 is 29.1 Å². The fraction of sp³-hybridized carbons (Fsp3) is 0.615. The van der Waals surface area contributed by atoms with Crippen LogP contribution in [0.5, 0.6) is 5.75 Å². The van der Waals surface area contributed by atoms with Crippen LogP contribution in [-0.4, -0.2) is 81.1 Å². The molecule has 2 aliphatic heterocycles. The van der Waals surface area contributed by atoms with Gasteiger partial charge < -0.3 is 29.7 Å². The number of carbonyl (C=O) groups is 4. The van der Waals surface area contributed by atoms with E-state index in [9.17, 15) is 24.3 Å². The molecule has 2 atom stereocenters. The van der Waals surface area contributed by atoms with Crippen LogP contribution in [0.2, 0.25) is 0 Å². The first-order valence-electron chi connectivity index (χ1n) is 18.0. The lowest BCUT2D eigenvalue weighted by Crippen LogP contribution is -2.46. The first-order chi connectivity index (χ1) is 23.5. The number of hydrogen-bond acceptors (Lipinski definition) is 8. The Balaban J connectivity index is 1.33. The summed E-state index contributed by atoms with van der Waals surface area (Å²) < 4.78 is 11.1. The number of amides is 3. The van der Waals surface area contributed by atoms with Crippen LogP contribution in [0.4, 0.5) is 4.79 Å². The minimum Gasteiger partial charge on any atom is -0.508 e. The summed E-state index contributed by atoms with van der Waals surface area (Å²) in [6, 6.07) is 8.42. The average Bonchev–Trinajstić information content (AvgIpc) is 3.05. The molecular weight excluding hydrogens is 636 g/mol. The molecule has 3 heterocycles. The number of phenols is 1. The second-order valence-electron chi connectivity index (χ2n) is 15.8. The lowest BCUT2D eigenvalue weighted by atomic mass is 9.91. The van der Waals surface area contributed by atoms with Crippen molar-refractivity contribution in [2.24, 2.45) is 11.8 Å². The molecule has 0 radical (unpaired) electrons. The predicted molar refractivity (Wildman–Crippen MR) is 190 cm³/mol. The fourth-order valence-corrected chi connectivity index (χ4v) is 6.51. The molecule has 2 saturated heterocycles. The number of nitrogens with zero attached hydrogens (tertiary/aromatic N) is 3. The maximum Gasteiger partial charge on any atom is 0.410 e. The van der Waals surface area contributed by atoms with Crippen LogP contribution in [0.3, 0.4) is 0 Å². The van der Waals surface area contributed by atoms with Crippen molar-refractivity contribution < 1.29 is 33.8 Å². The molecule has 4 rings (SSSR count). The SMILES string of the molecule is CC(C)(C)OC(=O)C[C@H](NC(=O)[C@@H]1CCCN(C(=O)CCC2CCN(C(=O)OC(C)(C)C)CC2)C1)c1cncc(CCc2ccc(O)cc2)c1. The highest BCUT2D eigenvalue weighted by Crippen LogP contribution is 2.27. The van der Waals surface area contributed by atoms with Crippen LogP contribution >= 0.6 is 0 Å². The monoisotopic (exact) mass is 692 g/mol. The van der Waals surface area contributed by atoms with Crippen LogP contribution in [-0.2, 0) is 36.7 Å². The summed E-state index contributed by atoms with van der Waals surface area (Å²) in [6.07, 6.45) is 8.78. The van der Waals surface area contributed by atoms with Gasteiger partial charge in [-0.2, -0.15) is 0 Å². The number of phenolic OH excluding ortho intramolecular Hbond substituents is 1. The van der Waals surface area contributed by atoms with Crippen molar-refractivity contribution in [1.82, 2.24) is 20.1 Å². The Morgan fingerprint density at radius 2 is 1.54 bits per heavy atom. The molecule has 1 aromatic carbocycles. The number of likely N-dealkylation sites (tertiary alicyclic amines) is 2. The third kappa shape index (κ3) is 12.6. The summed E-state index contributed by atoms with van der Waals surface area (Å²) in [6.45, 7) is 13.2. The number of aromatic nitrogens is 1. The Morgan fingerprint density at radius 1 is 0.880 bits per heavy atom. The highest BCUT2D eigenvalue weighted by Gasteiger charge is 2.32. The number of nitrogens with one attached hydrogen (secondary N) is 1. The maximum atomic E-state index is 13.7. The Bertz CT molecular complexity index is 1460. The quantitative estimate of drug-likeness (QED) is 0.269. The van der Waals surface area contributed by atoms with E-state index in [0.717, 1.165) is 43.2 Å². The summed E-state index contributed by atoms with van der Waals surface area (Å²) in [5.41, 5.74) is 1.56. The molecule has 2 N–H and O–H groups in total. The zero-order valence-corrected chi connectivity index (χ0v) is 30.7. The molecule has 0 spiro atoms. The minimum atomic E-state index is -0.671. The van der Waals surface area contributed by atoms with Gasteiger partial charge in [-0.1, -0.05) is 18.2 Å². The predicted octanol–water partition coefficient (Wildman–Crippen LogP) is 6.13. The summed E-state index contributed by atoms with van der Waals surface area (Å²) in [4.78, 5) is 60.4.